The first-order chi connectivity index (χ1) is 14.8. The molecule has 2 saturated heterocycles. The summed E-state index contributed by atoms with van der Waals surface area (Å²) in [5.41, 5.74) is 0. The fourth-order valence-electron chi connectivity index (χ4n) is 4.19. The van der Waals surface area contributed by atoms with E-state index in [9.17, 15) is 0 Å². The lowest BCUT2D eigenvalue weighted by atomic mass is 9.97. The van der Waals surface area contributed by atoms with E-state index in [1.54, 1.807) is 0 Å². The summed E-state index contributed by atoms with van der Waals surface area (Å²) in [6.45, 7) is 9.94. The molecule has 0 radical (unpaired) electrons. The highest BCUT2D eigenvalue weighted by Gasteiger charge is 2.25. The van der Waals surface area contributed by atoms with Crippen molar-refractivity contribution in [1.82, 2.24) is 15.5 Å². The maximum absolute atomic E-state index is 5.86. The number of hydrogen-bond donors (Lipinski definition) is 2. The minimum Gasteiger partial charge on any atom is -0.381 e. The van der Waals surface area contributed by atoms with Crippen LogP contribution >= 0.6 is 11.3 Å². The molecule has 3 rings (SSSR count). The number of hydrogen-bond acceptors (Lipinski definition) is 5. The third-order valence-electron chi connectivity index (χ3n) is 6.27. The van der Waals surface area contributed by atoms with E-state index in [4.69, 9.17) is 9.47 Å². The fraction of sp³-hybridized carbons (Fsp3) is 0.783. The number of likely N-dealkylation sites (tertiary alicyclic amines) is 1. The van der Waals surface area contributed by atoms with Gasteiger partial charge in [0.1, 0.15) is 0 Å². The lowest BCUT2D eigenvalue weighted by Gasteiger charge is -2.36. The van der Waals surface area contributed by atoms with E-state index in [2.05, 4.69) is 45.0 Å². The molecular formula is C23H40N4O2S. The Morgan fingerprint density at radius 2 is 2.07 bits per heavy atom. The number of ether oxygens (including phenoxy) is 2. The molecule has 0 spiro atoms. The van der Waals surface area contributed by atoms with E-state index in [0.717, 1.165) is 70.7 Å². The topological polar surface area (TPSA) is 58.1 Å². The van der Waals surface area contributed by atoms with Crippen molar-refractivity contribution in [3.05, 3.63) is 22.4 Å². The Balaban J connectivity index is 1.35. The number of nitrogens with one attached hydrogen (secondary N) is 2. The Kier molecular flexibility index (Phi) is 10.4. The lowest BCUT2D eigenvalue weighted by Crippen LogP contribution is -2.45. The molecule has 30 heavy (non-hydrogen) atoms. The van der Waals surface area contributed by atoms with E-state index in [-0.39, 0.29) is 0 Å². The van der Waals surface area contributed by atoms with Crippen LogP contribution in [0.25, 0.3) is 0 Å². The molecule has 2 fully saturated rings. The summed E-state index contributed by atoms with van der Waals surface area (Å²) < 4.78 is 11.3. The van der Waals surface area contributed by atoms with Gasteiger partial charge < -0.3 is 20.1 Å². The van der Waals surface area contributed by atoms with E-state index in [1.807, 2.05) is 18.4 Å². The van der Waals surface area contributed by atoms with Crippen LogP contribution < -0.4 is 10.6 Å². The zero-order chi connectivity index (χ0) is 21.0. The molecule has 6 nitrogen and oxygen atoms in total. The third-order valence-corrected chi connectivity index (χ3v) is 7.24. The van der Waals surface area contributed by atoms with Crippen molar-refractivity contribution in [1.29, 1.82) is 0 Å². The van der Waals surface area contributed by atoms with Gasteiger partial charge in [0, 0.05) is 51.4 Å². The summed E-state index contributed by atoms with van der Waals surface area (Å²) in [6, 6.07) is 4.84. The van der Waals surface area contributed by atoms with E-state index < -0.39 is 0 Å². The van der Waals surface area contributed by atoms with Gasteiger partial charge in [0.25, 0.3) is 0 Å². The van der Waals surface area contributed by atoms with Crippen LogP contribution in [0.2, 0.25) is 0 Å². The van der Waals surface area contributed by atoms with Crippen LogP contribution in [0.3, 0.4) is 0 Å². The van der Waals surface area contributed by atoms with Crippen molar-refractivity contribution in [3.63, 3.8) is 0 Å². The van der Waals surface area contributed by atoms with Crippen LogP contribution in [0.4, 0.5) is 0 Å². The predicted molar refractivity (Wildman–Crippen MR) is 125 cm³/mol. The predicted octanol–water partition coefficient (Wildman–Crippen LogP) is 3.52. The van der Waals surface area contributed by atoms with Crippen LogP contribution in [0.1, 0.15) is 49.9 Å². The standard InChI is InChI=1S/C23H40N4O2S/c1-19-6-11-27(12-7-19)21(22-5-3-16-30-22)17-26-23(24-2)25-10-4-13-29-18-20-8-14-28-15-9-20/h3,5,16,19-21H,4,6-15,17-18H2,1-2H3,(H2,24,25,26). The van der Waals surface area contributed by atoms with Crippen LogP contribution in [0, 0.1) is 11.8 Å². The molecule has 170 valence electrons. The highest BCUT2D eigenvalue weighted by molar-refractivity contribution is 7.10. The summed E-state index contributed by atoms with van der Waals surface area (Å²) >= 11 is 1.86. The summed E-state index contributed by atoms with van der Waals surface area (Å²) in [7, 11) is 1.85. The Morgan fingerprint density at radius 3 is 2.77 bits per heavy atom. The molecule has 1 aromatic rings. The SMILES string of the molecule is CN=C(NCCCOCC1CCOCC1)NCC(c1cccs1)N1CCC(C)CC1. The summed E-state index contributed by atoms with van der Waals surface area (Å²) in [5.74, 6) is 2.40. The van der Waals surface area contributed by atoms with Gasteiger partial charge in [0.15, 0.2) is 5.96 Å². The Bertz CT molecular complexity index is 596. The quantitative estimate of drug-likeness (QED) is 0.334. The molecule has 0 bridgehead atoms. The number of rotatable bonds is 10. The largest absolute Gasteiger partial charge is 0.381 e. The van der Waals surface area contributed by atoms with Gasteiger partial charge >= 0.3 is 0 Å². The minimum atomic E-state index is 0.416. The molecule has 1 aromatic heterocycles. The van der Waals surface area contributed by atoms with Gasteiger partial charge in [-0.3, -0.25) is 9.89 Å². The van der Waals surface area contributed by atoms with Crippen LogP contribution in [-0.4, -0.2) is 70.5 Å². The number of thiophene rings is 1. The maximum Gasteiger partial charge on any atom is 0.191 e. The molecule has 2 aliphatic rings. The number of piperidine rings is 1. The summed E-state index contributed by atoms with van der Waals surface area (Å²) in [5, 5.41) is 9.18. The maximum atomic E-state index is 5.86. The Labute approximate surface area is 186 Å². The fourth-order valence-corrected chi connectivity index (χ4v) is 5.05. The van der Waals surface area contributed by atoms with Gasteiger partial charge in [-0.05, 0) is 68.5 Å². The monoisotopic (exact) mass is 436 g/mol. The second kappa shape index (κ2) is 13.3. The van der Waals surface area contributed by atoms with Crippen molar-refractivity contribution in [2.24, 2.45) is 16.8 Å². The van der Waals surface area contributed by atoms with Crippen molar-refractivity contribution < 1.29 is 9.47 Å². The molecule has 0 aromatic carbocycles. The minimum absolute atomic E-state index is 0.416. The number of guanidine groups is 1. The zero-order valence-corrected chi connectivity index (χ0v) is 19.6. The van der Waals surface area contributed by atoms with Gasteiger partial charge in [-0.25, -0.2) is 0 Å². The second-order valence-electron chi connectivity index (χ2n) is 8.61. The molecule has 1 atom stereocenters. The van der Waals surface area contributed by atoms with E-state index in [0.29, 0.717) is 12.0 Å². The van der Waals surface area contributed by atoms with Crippen molar-refractivity contribution in [3.8, 4) is 0 Å². The number of aliphatic imine (C=N–C) groups is 1. The average Bonchev–Trinajstić information content (AvgIpc) is 3.31. The van der Waals surface area contributed by atoms with Gasteiger partial charge in [-0.1, -0.05) is 13.0 Å². The Hall–Kier alpha value is -1.15. The molecular weight excluding hydrogens is 396 g/mol. The second-order valence-corrected chi connectivity index (χ2v) is 9.59. The smallest absolute Gasteiger partial charge is 0.191 e. The van der Waals surface area contributed by atoms with Crippen molar-refractivity contribution in [2.75, 3.05) is 59.7 Å². The molecule has 7 heteroatoms. The van der Waals surface area contributed by atoms with Crippen LogP contribution in [-0.2, 0) is 9.47 Å². The normalized spacial score (nSPS) is 20.9. The van der Waals surface area contributed by atoms with Gasteiger partial charge in [0.2, 0.25) is 0 Å². The molecule has 0 aliphatic carbocycles. The van der Waals surface area contributed by atoms with Crippen molar-refractivity contribution >= 4 is 17.3 Å². The zero-order valence-electron chi connectivity index (χ0n) is 18.8. The molecule has 0 amide bonds. The molecule has 2 aliphatic heterocycles. The van der Waals surface area contributed by atoms with Gasteiger partial charge in [0.05, 0.1) is 6.04 Å². The Morgan fingerprint density at radius 1 is 1.27 bits per heavy atom. The van der Waals surface area contributed by atoms with E-state index >= 15 is 0 Å². The first-order valence-corrected chi connectivity index (χ1v) is 12.5. The third kappa shape index (κ3) is 7.84. The van der Waals surface area contributed by atoms with Crippen molar-refractivity contribution in [2.45, 2.75) is 45.1 Å². The molecule has 3 heterocycles. The average molecular weight is 437 g/mol. The first-order valence-electron chi connectivity index (χ1n) is 11.6. The first kappa shape index (κ1) is 23.5. The van der Waals surface area contributed by atoms with Gasteiger partial charge in [-0.2, -0.15) is 0 Å². The van der Waals surface area contributed by atoms with E-state index in [1.165, 1.54) is 30.8 Å². The van der Waals surface area contributed by atoms with Crippen LogP contribution in [0.5, 0.6) is 0 Å². The molecule has 0 saturated carbocycles. The highest BCUT2D eigenvalue weighted by atomic mass is 32.1. The van der Waals surface area contributed by atoms with Crippen LogP contribution in [0.15, 0.2) is 22.5 Å². The molecule has 1 unspecified atom stereocenters. The number of nitrogens with zero attached hydrogens (tertiary/aromatic N) is 2. The summed E-state index contributed by atoms with van der Waals surface area (Å²) in [4.78, 5) is 8.49. The lowest BCUT2D eigenvalue weighted by molar-refractivity contribution is 0.0203. The summed E-state index contributed by atoms with van der Waals surface area (Å²) in [6.07, 6.45) is 5.85. The molecule has 2 N–H and O–H groups in total. The highest BCUT2D eigenvalue weighted by Crippen LogP contribution is 2.29. The van der Waals surface area contributed by atoms with Gasteiger partial charge in [-0.15, -0.1) is 11.3 Å².